The Morgan fingerprint density at radius 3 is 2.73 bits per heavy atom. The van der Waals surface area contributed by atoms with Gasteiger partial charge in [-0.1, -0.05) is 0 Å². The van der Waals surface area contributed by atoms with Crippen LogP contribution in [0.2, 0.25) is 0 Å². The van der Waals surface area contributed by atoms with Gasteiger partial charge in [-0.25, -0.2) is 0 Å². The lowest BCUT2D eigenvalue weighted by Crippen LogP contribution is -2.24. The predicted octanol–water partition coefficient (Wildman–Crippen LogP) is 0.470. The molecule has 0 aliphatic heterocycles. The van der Waals surface area contributed by atoms with Crippen LogP contribution in [0.1, 0.15) is 19.3 Å². The van der Waals surface area contributed by atoms with Gasteiger partial charge in [0.05, 0.1) is 0 Å². The second-order valence-corrected chi connectivity index (χ2v) is 2.66. The van der Waals surface area contributed by atoms with Crippen LogP contribution in [0, 0.1) is 0 Å². The third-order valence-electron chi connectivity index (χ3n) is 1.27. The molecule has 0 aromatic rings. The molecule has 0 unspecified atom stereocenters. The molecular formula is C7H15ClN2O. The van der Waals surface area contributed by atoms with Crippen LogP contribution in [-0.2, 0) is 4.79 Å². The Morgan fingerprint density at radius 2 is 2.18 bits per heavy atom. The Hall–Kier alpha value is -0.280. The fourth-order valence-corrected chi connectivity index (χ4v) is 0.843. The van der Waals surface area contributed by atoms with E-state index in [1.54, 1.807) is 0 Å². The number of unbranched alkanes of at least 4 members (excludes halogenated alkanes) is 1. The molecule has 0 heterocycles. The maximum Gasteiger partial charge on any atom is 0.221 e. The SMILES string of the molecule is NCCCCNC(=O)CCCl. The number of hydrogen-bond donors (Lipinski definition) is 2. The standard InChI is InChI=1S/C7H15ClN2O/c8-4-3-7(11)10-6-2-1-5-9/h1-6,9H2,(H,10,11). The van der Waals surface area contributed by atoms with Crippen molar-refractivity contribution in [3.05, 3.63) is 0 Å². The summed E-state index contributed by atoms with van der Waals surface area (Å²) in [6, 6.07) is 0. The molecule has 0 fully saturated rings. The van der Waals surface area contributed by atoms with Gasteiger partial charge >= 0.3 is 0 Å². The van der Waals surface area contributed by atoms with E-state index in [9.17, 15) is 4.79 Å². The van der Waals surface area contributed by atoms with Gasteiger partial charge in [0.25, 0.3) is 0 Å². The maximum atomic E-state index is 10.8. The molecular weight excluding hydrogens is 164 g/mol. The highest BCUT2D eigenvalue weighted by Crippen LogP contribution is 1.86. The van der Waals surface area contributed by atoms with Crippen LogP contribution in [0.3, 0.4) is 0 Å². The Balaban J connectivity index is 3.04. The normalized spacial score (nSPS) is 9.64. The summed E-state index contributed by atoms with van der Waals surface area (Å²) in [5, 5.41) is 2.74. The monoisotopic (exact) mass is 178 g/mol. The number of alkyl halides is 1. The predicted molar refractivity (Wildman–Crippen MR) is 46.6 cm³/mol. The van der Waals surface area contributed by atoms with Crippen molar-refractivity contribution in [2.24, 2.45) is 5.73 Å². The molecule has 0 saturated carbocycles. The smallest absolute Gasteiger partial charge is 0.221 e. The van der Waals surface area contributed by atoms with Gasteiger partial charge < -0.3 is 11.1 Å². The highest BCUT2D eigenvalue weighted by molar-refractivity contribution is 6.18. The van der Waals surface area contributed by atoms with E-state index >= 15 is 0 Å². The van der Waals surface area contributed by atoms with Crippen LogP contribution in [0.15, 0.2) is 0 Å². The van der Waals surface area contributed by atoms with Gasteiger partial charge in [0.1, 0.15) is 0 Å². The number of hydrogen-bond acceptors (Lipinski definition) is 2. The van der Waals surface area contributed by atoms with E-state index in [1.807, 2.05) is 0 Å². The zero-order valence-electron chi connectivity index (χ0n) is 6.61. The van der Waals surface area contributed by atoms with E-state index < -0.39 is 0 Å². The summed E-state index contributed by atoms with van der Waals surface area (Å²) in [5.74, 6) is 0.417. The molecule has 11 heavy (non-hydrogen) atoms. The Bertz CT molecular complexity index is 109. The van der Waals surface area contributed by atoms with Crippen molar-refractivity contribution in [1.82, 2.24) is 5.32 Å². The number of carbonyl (C=O) groups is 1. The molecule has 0 rings (SSSR count). The van der Waals surface area contributed by atoms with Crippen molar-refractivity contribution in [1.29, 1.82) is 0 Å². The third-order valence-corrected chi connectivity index (χ3v) is 1.46. The lowest BCUT2D eigenvalue weighted by molar-refractivity contribution is -0.120. The van der Waals surface area contributed by atoms with Crippen LogP contribution in [0.25, 0.3) is 0 Å². The van der Waals surface area contributed by atoms with Gasteiger partial charge in [-0.3, -0.25) is 4.79 Å². The van der Waals surface area contributed by atoms with E-state index in [0.717, 1.165) is 12.8 Å². The first-order chi connectivity index (χ1) is 5.31. The first kappa shape index (κ1) is 10.7. The van der Waals surface area contributed by atoms with E-state index in [-0.39, 0.29) is 5.91 Å². The molecule has 0 aliphatic carbocycles. The summed E-state index contributed by atoms with van der Waals surface area (Å²) in [7, 11) is 0. The van der Waals surface area contributed by atoms with Gasteiger partial charge in [-0.2, -0.15) is 0 Å². The zero-order valence-corrected chi connectivity index (χ0v) is 7.36. The average Bonchev–Trinajstić information content (AvgIpc) is 1.99. The van der Waals surface area contributed by atoms with E-state index in [0.29, 0.717) is 25.4 Å². The summed E-state index contributed by atoms with van der Waals surface area (Å²) in [5.41, 5.74) is 5.27. The molecule has 0 radical (unpaired) electrons. The van der Waals surface area contributed by atoms with Crippen LogP contribution >= 0.6 is 11.6 Å². The summed E-state index contributed by atoms with van der Waals surface area (Å²) in [6.07, 6.45) is 2.32. The van der Waals surface area contributed by atoms with Crippen molar-refractivity contribution in [2.45, 2.75) is 19.3 Å². The topological polar surface area (TPSA) is 55.1 Å². The summed E-state index contributed by atoms with van der Waals surface area (Å²) in [6.45, 7) is 1.40. The minimum Gasteiger partial charge on any atom is -0.356 e. The fourth-order valence-electron chi connectivity index (χ4n) is 0.671. The van der Waals surface area contributed by atoms with Crippen molar-refractivity contribution in [3.63, 3.8) is 0 Å². The second kappa shape index (κ2) is 7.82. The molecule has 3 N–H and O–H groups in total. The molecule has 4 heteroatoms. The fraction of sp³-hybridized carbons (Fsp3) is 0.857. The van der Waals surface area contributed by atoms with Gasteiger partial charge in [-0.15, -0.1) is 11.6 Å². The van der Waals surface area contributed by atoms with Crippen molar-refractivity contribution >= 4 is 17.5 Å². The number of nitrogens with one attached hydrogen (secondary N) is 1. The molecule has 0 spiro atoms. The minimum atomic E-state index is 0.0250. The first-order valence-electron chi connectivity index (χ1n) is 3.84. The largest absolute Gasteiger partial charge is 0.356 e. The molecule has 66 valence electrons. The molecule has 0 aromatic carbocycles. The molecule has 0 aliphatic rings. The van der Waals surface area contributed by atoms with Crippen molar-refractivity contribution in [2.75, 3.05) is 19.0 Å². The molecule has 0 aromatic heterocycles. The Kier molecular flexibility index (Phi) is 7.62. The molecule has 0 bridgehead atoms. The third kappa shape index (κ3) is 7.62. The Morgan fingerprint density at radius 1 is 1.45 bits per heavy atom. The highest BCUT2D eigenvalue weighted by atomic mass is 35.5. The number of amides is 1. The molecule has 0 atom stereocenters. The number of nitrogens with two attached hydrogens (primary N) is 1. The van der Waals surface area contributed by atoms with Gasteiger partial charge in [0.2, 0.25) is 5.91 Å². The van der Waals surface area contributed by atoms with E-state index in [4.69, 9.17) is 17.3 Å². The maximum absolute atomic E-state index is 10.8. The van der Waals surface area contributed by atoms with Crippen LogP contribution in [0.5, 0.6) is 0 Å². The van der Waals surface area contributed by atoms with Gasteiger partial charge in [0, 0.05) is 18.8 Å². The van der Waals surface area contributed by atoms with Crippen LogP contribution < -0.4 is 11.1 Å². The van der Waals surface area contributed by atoms with Crippen LogP contribution in [-0.4, -0.2) is 24.9 Å². The zero-order chi connectivity index (χ0) is 8.53. The lowest BCUT2D eigenvalue weighted by Gasteiger charge is -2.01. The van der Waals surface area contributed by atoms with E-state index in [1.165, 1.54) is 0 Å². The molecule has 0 saturated heterocycles. The van der Waals surface area contributed by atoms with Crippen molar-refractivity contribution < 1.29 is 4.79 Å². The quantitative estimate of drug-likeness (QED) is 0.459. The highest BCUT2D eigenvalue weighted by Gasteiger charge is 1.96. The van der Waals surface area contributed by atoms with Crippen LogP contribution in [0.4, 0.5) is 0 Å². The average molecular weight is 179 g/mol. The number of rotatable bonds is 6. The van der Waals surface area contributed by atoms with Gasteiger partial charge in [0.15, 0.2) is 0 Å². The van der Waals surface area contributed by atoms with Crippen molar-refractivity contribution in [3.8, 4) is 0 Å². The number of carbonyl (C=O) groups excluding carboxylic acids is 1. The molecule has 3 nitrogen and oxygen atoms in total. The minimum absolute atomic E-state index is 0.0250. The lowest BCUT2D eigenvalue weighted by atomic mass is 10.3. The van der Waals surface area contributed by atoms with Gasteiger partial charge in [-0.05, 0) is 19.4 Å². The second-order valence-electron chi connectivity index (χ2n) is 2.28. The summed E-state index contributed by atoms with van der Waals surface area (Å²) < 4.78 is 0. The molecule has 1 amide bonds. The number of halogens is 1. The van der Waals surface area contributed by atoms with E-state index in [2.05, 4.69) is 5.32 Å². The first-order valence-corrected chi connectivity index (χ1v) is 4.37. The summed E-state index contributed by atoms with van der Waals surface area (Å²) in [4.78, 5) is 10.8. The Labute approximate surface area is 72.3 Å². The summed E-state index contributed by atoms with van der Waals surface area (Å²) >= 11 is 5.36.